The van der Waals surface area contributed by atoms with Gasteiger partial charge in [0, 0.05) is 16.5 Å². The molecule has 1 N–H and O–H groups in total. The third-order valence-electron chi connectivity index (χ3n) is 7.59. The standard InChI is InChI=1S/C27H24N2O4/c1-3-22-23-19(27(32,4-2)26(31)33-22)13-21-24-18(14-29(21)25(23)30)12-17-11-16(9-10-20(17)28-24)15-7-5-6-8-15/h1,9-13,15,22,32H,4-8,14H2,2H3/t22?,27-/m0/s1. The van der Waals surface area contributed by atoms with Crippen molar-refractivity contribution in [1.82, 2.24) is 9.55 Å². The lowest BCUT2D eigenvalue weighted by atomic mass is 9.83. The first-order valence-electron chi connectivity index (χ1n) is 11.6. The molecule has 0 spiro atoms. The minimum atomic E-state index is -1.91. The molecule has 6 rings (SSSR count). The topological polar surface area (TPSA) is 81.4 Å². The normalized spacial score (nSPS) is 23.7. The van der Waals surface area contributed by atoms with Gasteiger partial charge in [-0.1, -0.05) is 31.8 Å². The summed E-state index contributed by atoms with van der Waals surface area (Å²) in [7, 11) is 0. The number of aromatic nitrogens is 2. The van der Waals surface area contributed by atoms with Crippen LogP contribution in [0.3, 0.4) is 0 Å². The largest absolute Gasteiger partial charge is 0.442 e. The minimum absolute atomic E-state index is 0.0704. The quantitative estimate of drug-likeness (QED) is 0.378. The predicted octanol–water partition coefficient (Wildman–Crippen LogP) is 3.91. The highest BCUT2D eigenvalue weighted by Crippen LogP contribution is 2.42. The zero-order chi connectivity index (χ0) is 22.9. The van der Waals surface area contributed by atoms with Crippen molar-refractivity contribution in [3.05, 3.63) is 62.9 Å². The number of terminal acetylenes is 1. The lowest BCUT2D eigenvalue weighted by molar-refractivity contribution is -0.174. The summed E-state index contributed by atoms with van der Waals surface area (Å²) in [6.07, 6.45) is 9.55. The van der Waals surface area contributed by atoms with E-state index in [4.69, 9.17) is 16.1 Å². The Morgan fingerprint density at radius 1 is 1.24 bits per heavy atom. The molecule has 166 valence electrons. The van der Waals surface area contributed by atoms with Crippen LogP contribution in [0.25, 0.3) is 22.3 Å². The van der Waals surface area contributed by atoms with Gasteiger partial charge in [0.05, 0.1) is 29.0 Å². The number of cyclic esters (lactones) is 1. The van der Waals surface area contributed by atoms with Crippen LogP contribution in [0, 0.1) is 12.3 Å². The number of esters is 1. The van der Waals surface area contributed by atoms with Crippen molar-refractivity contribution >= 4 is 16.9 Å². The van der Waals surface area contributed by atoms with Gasteiger partial charge in [-0.05, 0) is 55.0 Å². The molecule has 1 aliphatic carbocycles. The predicted molar refractivity (Wildman–Crippen MR) is 124 cm³/mol. The summed E-state index contributed by atoms with van der Waals surface area (Å²) in [5.41, 5.74) is 2.57. The zero-order valence-corrected chi connectivity index (χ0v) is 18.4. The minimum Gasteiger partial charge on any atom is -0.442 e. The number of aliphatic hydroxyl groups is 1. The molecular weight excluding hydrogens is 416 g/mol. The number of nitrogens with zero attached hydrogens (tertiary/aromatic N) is 2. The van der Waals surface area contributed by atoms with Gasteiger partial charge in [-0.25, -0.2) is 9.78 Å². The van der Waals surface area contributed by atoms with Gasteiger partial charge in [-0.3, -0.25) is 4.79 Å². The molecule has 0 bridgehead atoms. The average molecular weight is 440 g/mol. The highest BCUT2D eigenvalue weighted by molar-refractivity contribution is 5.87. The highest BCUT2D eigenvalue weighted by atomic mass is 16.6. The Labute approximate surface area is 191 Å². The van der Waals surface area contributed by atoms with Crippen LogP contribution in [-0.4, -0.2) is 20.6 Å². The highest BCUT2D eigenvalue weighted by Gasteiger charge is 2.48. The number of ether oxygens (including phenoxy) is 1. The molecular formula is C27H24N2O4. The molecule has 2 aromatic heterocycles. The number of benzene rings is 1. The molecule has 1 saturated carbocycles. The summed E-state index contributed by atoms with van der Waals surface area (Å²) in [5, 5.41) is 12.2. The van der Waals surface area contributed by atoms with Crippen molar-refractivity contribution in [2.75, 3.05) is 0 Å². The number of carbonyl (C=O) groups is 1. The number of carbonyl (C=O) groups excluding carboxylic acids is 1. The van der Waals surface area contributed by atoms with E-state index in [0.717, 1.165) is 16.5 Å². The van der Waals surface area contributed by atoms with Gasteiger partial charge in [0.2, 0.25) is 0 Å². The second-order valence-electron chi connectivity index (χ2n) is 9.34. The van der Waals surface area contributed by atoms with Gasteiger partial charge in [-0.2, -0.15) is 0 Å². The van der Waals surface area contributed by atoms with E-state index in [-0.39, 0.29) is 23.1 Å². The molecule has 1 fully saturated rings. The van der Waals surface area contributed by atoms with Crippen molar-refractivity contribution in [2.24, 2.45) is 0 Å². The first-order chi connectivity index (χ1) is 15.9. The molecule has 0 radical (unpaired) electrons. The maximum Gasteiger partial charge on any atom is 0.344 e. The monoisotopic (exact) mass is 440 g/mol. The Morgan fingerprint density at radius 2 is 2.03 bits per heavy atom. The van der Waals surface area contributed by atoms with Gasteiger partial charge >= 0.3 is 5.97 Å². The fourth-order valence-corrected chi connectivity index (χ4v) is 5.70. The van der Waals surface area contributed by atoms with E-state index in [1.54, 1.807) is 17.6 Å². The Balaban J connectivity index is 1.54. The molecule has 0 saturated heterocycles. The number of rotatable bonds is 2. The molecule has 3 aliphatic rings. The lowest BCUT2D eigenvalue weighted by Gasteiger charge is -2.34. The van der Waals surface area contributed by atoms with Crippen molar-refractivity contribution < 1.29 is 14.6 Å². The first-order valence-corrected chi connectivity index (χ1v) is 11.6. The molecule has 6 nitrogen and oxygen atoms in total. The van der Waals surface area contributed by atoms with Crippen LogP contribution >= 0.6 is 0 Å². The Hall–Kier alpha value is -3.43. The molecule has 0 amide bonds. The first kappa shape index (κ1) is 20.2. The summed E-state index contributed by atoms with van der Waals surface area (Å²) in [4.78, 5) is 31.0. The van der Waals surface area contributed by atoms with Gasteiger partial charge in [0.25, 0.3) is 5.56 Å². The summed E-state index contributed by atoms with van der Waals surface area (Å²) in [5.74, 6) is 2.17. The molecule has 33 heavy (non-hydrogen) atoms. The van der Waals surface area contributed by atoms with Gasteiger partial charge in [-0.15, -0.1) is 6.42 Å². The molecule has 6 heteroatoms. The van der Waals surface area contributed by atoms with Crippen molar-refractivity contribution in [2.45, 2.75) is 63.2 Å². The Bertz CT molecular complexity index is 1440. The maximum atomic E-state index is 13.5. The SMILES string of the molecule is C#CC1OC(=O)[C@](O)(CC)c2cc3n(c(=O)c21)Cc1cc2cc(C4CCCC4)ccc2nc1-3. The van der Waals surface area contributed by atoms with Crippen molar-refractivity contribution in [3.63, 3.8) is 0 Å². The second kappa shape index (κ2) is 7.03. The number of hydrogen-bond acceptors (Lipinski definition) is 5. The van der Waals surface area contributed by atoms with Crippen molar-refractivity contribution in [1.29, 1.82) is 0 Å². The van der Waals surface area contributed by atoms with Crippen LogP contribution in [0.1, 0.15) is 73.3 Å². The second-order valence-corrected chi connectivity index (χ2v) is 9.34. The molecule has 2 atom stereocenters. The molecule has 4 heterocycles. The summed E-state index contributed by atoms with van der Waals surface area (Å²) >= 11 is 0. The van der Waals surface area contributed by atoms with E-state index in [9.17, 15) is 14.7 Å². The smallest absolute Gasteiger partial charge is 0.344 e. The molecule has 3 aromatic rings. The fraction of sp³-hybridized carbons (Fsp3) is 0.370. The van der Waals surface area contributed by atoms with Crippen molar-refractivity contribution in [3.8, 4) is 23.7 Å². The number of fused-ring (bicyclic) bond motifs is 5. The van der Waals surface area contributed by atoms with Crippen LogP contribution in [0.4, 0.5) is 0 Å². The fourth-order valence-electron chi connectivity index (χ4n) is 5.70. The maximum absolute atomic E-state index is 13.5. The van der Waals surface area contributed by atoms with Gasteiger partial charge in [0.1, 0.15) is 0 Å². The lowest BCUT2D eigenvalue weighted by Crippen LogP contribution is -2.45. The number of hydrogen-bond donors (Lipinski definition) is 1. The van der Waals surface area contributed by atoms with Crippen LogP contribution in [0.5, 0.6) is 0 Å². The van der Waals surface area contributed by atoms with Crippen LogP contribution < -0.4 is 5.56 Å². The van der Waals surface area contributed by atoms with Gasteiger partial charge < -0.3 is 14.4 Å². The Morgan fingerprint density at radius 3 is 2.76 bits per heavy atom. The summed E-state index contributed by atoms with van der Waals surface area (Å²) < 4.78 is 6.87. The van der Waals surface area contributed by atoms with E-state index in [2.05, 4.69) is 30.2 Å². The van der Waals surface area contributed by atoms with E-state index in [1.165, 1.54) is 31.2 Å². The van der Waals surface area contributed by atoms with Crippen LogP contribution in [0.15, 0.2) is 35.1 Å². The van der Waals surface area contributed by atoms with E-state index in [1.807, 2.05) is 0 Å². The molecule has 1 aromatic carbocycles. The third kappa shape index (κ3) is 2.75. The average Bonchev–Trinajstić information content (AvgIpc) is 3.48. The summed E-state index contributed by atoms with van der Waals surface area (Å²) in [6, 6.07) is 10.2. The van der Waals surface area contributed by atoms with Crippen LogP contribution in [-0.2, 0) is 21.7 Å². The molecule has 2 aliphatic heterocycles. The van der Waals surface area contributed by atoms with Crippen LogP contribution in [0.2, 0.25) is 0 Å². The molecule has 1 unspecified atom stereocenters. The van der Waals surface area contributed by atoms with E-state index in [0.29, 0.717) is 23.9 Å². The Kier molecular flexibility index (Phi) is 4.30. The third-order valence-corrected chi connectivity index (χ3v) is 7.59. The van der Waals surface area contributed by atoms with E-state index >= 15 is 0 Å². The number of pyridine rings is 2. The van der Waals surface area contributed by atoms with E-state index < -0.39 is 17.7 Å². The van der Waals surface area contributed by atoms with Gasteiger partial charge in [0.15, 0.2) is 11.7 Å². The summed E-state index contributed by atoms with van der Waals surface area (Å²) in [6.45, 7) is 2.04. The zero-order valence-electron chi connectivity index (χ0n) is 18.4.